The molecule has 2 aromatic carbocycles. The minimum absolute atomic E-state index is 0.000779. The molecule has 0 bridgehead atoms. The summed E-state index contributed by atoms with van der Waals surface area (Å²) in [6.45, 7) is 4.30. The number of ether oxygens (including phenoxy) is 1. The molecule has 2 heteroatoms. The number of Topliss-reactive ketones (excluding diaryl/α,β-unsaturated/α-hetero) is 1. The zero-order chi connectivity index (χ0) is 13.7. The predicted octanol–water partition coefficient (Wildman–Crippen LogP) is 4.07. The molecule has 0 atom stereocenters. The van der Waals surface area contributed by atoms with Crippen molar-refractivity contribution in [3.05, 3.63) is 65.7 Å². The van der Waals surface area contributed by atoms with Crippen LogP contribution in [0.5, 0.6) is 5.75 Å². The van der Waals surface area contributed by atoms with Gasteiger partial charge in [0.1, 0.15) is 5.75 Å². The first-order valence-corrected chi connectivity index (χ1v) is 6.48. The first-order chi connectivity index (χ1) is 9.18. The summed E-state index contributed by atoms with van der Waals surface area (Å²) in [5, 5.41) is 0. The lowest BCUT2D eigenvalue weighted by atomic mass is 10.0. The van der Waals surface area contributed by atoms with E-state index in [4.69, 9.17) is 4.74 Å². The standard InChI is InChI=1S/C17H18O2/c1-13(2)15-10-6-7-11-17(15)19-12-16(18)14-8-4-3-5-9-14/h3-11,13H,12H2,1-2H3. The Morgan fingerprint density at radius 1 is 1.00 bits per heavy atom. The Balaban J connectivity index is 2.05. The van der Waals surface area contributed by atoms with E-state index in [2.05, 4.69) is 13.8 Å². The minimum atomic E-state index is -0.000779. The Morgan fingerprint density at radius 3 is 2.32 bits per heavy atom. The number of carbonyl (C=O) groups is 1. The topological polar surface area (TPSA) is 26.3 Å². The maximum absolute atomic E-state index is 12.0. The Hall–Kier alpha value is -2.09. The van der Waals surface area contributed by atoms with Crippen LogP contribution in [0.4, 0.5) is 0 Å². The van der Waals surface area contributed by atoms with Gasteiger partial charge in [0, 0.05) is 5.56 Å². The summed E-state index contributed by atoms with van der Waals surface area (Å²) >= 11 is 0. The number of benzene rings is 2. The van der Waals surface area contributed by atoms with Gasteiger partial charge in [-0.2, -0.15) is 0 Å². The van der Waals surface area contributed by atoms with E-state index < -0.39 is 0 Å². The largest absolute Gasteiger partial charge is 0.485 e. The lowest BCUT2D eigenvalue weighted by molar-refractivity contribution is 0.0920. The molecule has 0 unspecified atom stereocenters. The van der Waals surface area contributed by atoms with Gasteiger partial charge in [0.15, 0.2) is 12.4 Å². The molecule has 0 N–H and O–H groups in total. The minimum Gasteiger partial charge on any atom is -0.485 e. The highest BCUT2D eigenvalue weighted by Crippen LogP contribution is 2.25. The van der Waals surface area contributed by atoms with Gasteiger partial charge >= 0.3 is 0 Å². The lowest BCUT2D eigenvalue weighted by Crippen LogP contribution is -2.12. The maximum Gasteiger partial charge on any atom is 0.200 e. The summed E-state index contributed by atoms with van der Waals surface area (Å²) in [7, 11) is 0. The number of hydrogen-bond acceptors (Lipinski definition) is 2. The fourth-order valence-electron chi connectivity index (χ4n) is 1.94. The maximum atomic E-state index is 12.0. The summed E-state index contributed by atoms with van der Waals surface area (Å²) in [5.74, 6) is 1.17. The molecule has 0 aliphatic rings. The van der Waals surface area contributed by atoms with Crippen LogP contribution >= 0.6 is 0 Å². The van der Waals surface area contributed by atoms with E-state index in [1.807, 2.05) is 42.5 Å². The highest BCUT2D eigenvalue weighted by Gasteiger charge is 2.10. The molecule has 0 aliphatic carbocycles. The highest BCUT2D eigenvalue weighted by molar-refractivity contribution is 5.97. The normalized spacial score (nSPS) is 10.5. The van der Waals surface area contributed by atoms with Gasteiger partial charge in [0.25, 0.3) is 0 Å². The van der Waals surface area contributed by atoms with Gasteiger partial charge in [0.05, 0.1) is 0 Å². The van der Waals surface area contributed by atoms with Crippen molar-refractivity contribution in [2.75, 3.05) is 6.61 Å². The van der Waals surface area contributed by atoms with Crippen LogP contribution in [0.2, 0.25) is 0 Å². The van der Waals surface area contributed by atoms with Gasteiger partial charge in [-0.05, 0) is 17.5 Å². The van der Waals surface area contributed by atoms with Crippen LogP contribution in [0.1, 0.15) is 35.7 Å². The zero-order valence-electron chi connectivity index (χ0n) is 11.3. The molecule has 2 nitrogen and oxygen atoms in total. The van der Waals surface area contributed by atoms with Crippen molar-refractivity contribution in [1.82, 2.24) is 0 Å². The molecule has 0 aromatic heterocycles. The Bertz CT molecular complexity index is 544. The number of carbonyl (C=O) groups excluding carboxylic acids is 1. The van der Waals surface area contributed by atoms with Crippen LogP contribution in [-0.4, -0.2) is 12.4 Å². The summed E-state index contributed by atoms with van der Waals surface area (Å²) in [4.78, 5) is 12.0. The van der Waals surface area contributed by atoms with Crippen molar-refractivity contribution in [2.24, 2.45) is 0 Å². The van der Waals surface area contributed by atoms with Crippen molar-refractivity contribution in [1.29, 1.82) is 0 Å². The quantitative estimate of drug-likeness (QED) is 0.752. The SMILES string of the molecule is CC(C)c1ccccc1OCC(=O)c1ccccc1. The van der Waals surface area contributed by atoms with E-state index in [1.165, 1.54) is 0 Å². The third-order valence-electron chi connectivity index (χ3n) is 3.00. The van der Waals surface area contributed by atoms with E-state index in [0.29, 0.717) is 11.5 Å². The van der Waals surface area contributed by atoms with Crippen LogP contribution in [0, 0.1) is 0 Å². The van der Waals surface area contributed by atoms with Gasteiger partial charge in [-0.1, -0.05) is 62.4 Å². The lowest BCUT2D eigenvalue weighted by Gasteiger charge is -2.13. The molecule has 98 valence electrons. The summed E-state index contributed by atoms with van der Waals surface area (Å²) in [6.07, 6.45) is 0. The molecule has 2 aromatic rings. The van der Waals surface area contributed by atoms with Crippen LogP contribution < -0.4 is 4.74 Å². The van der Waals surface area contributed by atoms with Crippen molar-refractivity contribution in [3.63, 3.8) is 0 Å². The number of hydrogen-bond donors (Lipinski definition) is 0. The average molecular weight is 254 g/mol. The van der Waals surface area contributed by atoms with Crippen LogP contribution in [0.3, 0.4) is 0 Å². The molecule has 2 rings (SSSR count). The van der Waals surface area contributed by atoms with E-state index >= 15 is 0 Å². The Morgan fingerprint density at radius 2 is 1.63 bits per heavy atom. The molecule has 0 amide bonds. The van der Waals surface area contributed by atoms with Gasteiger partial charge < -0.3 is 4.74 Å². The monoisotopic (exact) mass is 254 g/mol. The van der Waals surface area contributed by atoms with E-state index in [1.54, 1.807) is 12.1 Å². The second kappa shape index (κ2) is 6.19. The van der Waals surface area contributed by atoms with Gasteiger partial charge in [0.2, 0.25) is 0 Å². The molecule has 0 saturated heterocycles. The second-order valence-electron chi connectivity index (χ2n) is 4.77. The average Bonchev–Trinajstić information content (AvgIpc) is 2.46. The molecule has 0 fully saturated rings. The number of rotatable bonds is 5. The summed E-state index contributed by atoms with van der Waals surface area (Å²) in [5.41, 5.74) is 1.81. The third-order valence-corrected chi connectivity index (χ3v) is 3.00. The summed E-state index contributed by atoms with van der Waals surface area (Å²) < 4.78 is 5.67. The van der Waals surface area contributed by atoms with E-state index in [0.717, 1.165) is 11.3 Å². The van der Waals surface area contributed by atoms with E-state index in [9.17, 15) is 4.79 Å². The molecular formula is C17H18O2. The number of ketones is 1. The molecule has 0 saturated carbocycles. The number of para-hydroxylation sites is 1. The van der Waals surface area contributed by atoms with Gasteiger partial charge in [-0.3, -0.25) is 4.79 Å². The zero-order valence-corrected chi connectivity index (χ0v) is 11.3. The van der Waals surface area contributed by atoms with Gasteiger partial charge in [-0.15, -0.1) is 0 Å². The molecule has 0 aliphatic heterocycles. The highest BCUT2D eigenvalue weighted by atomic mass is 16.5. The van der Waals surface area contributed by atoms with Crippen LogP contribution in [0.15, 0.2) is 54.6 Å². The van der Waals surface area contributed by atoms with Crippen molar-refractivity contribution < 1.29 is 9.53 Å². The molecule has 0 spiro atoms. The molecule has 0 heterocycles. The van der Waals surface area contributed by atoms with Crippen molar-refractivity contribution >= 4 is 5.78 Å². The fraction of sp³-hybridized carbons (Fsp3) is 0.235. The van der Waals surface area contributed by atoms with Gasteiger partial charge in [-0.25, -0.2) is 0 Å². The first kappa shape index (κ1) is 13.3. The van der Waals surface area contributed by atoms with Crippen LogP contribution in [0.25, 0.3) is 0 Å². The predicted molar refractivity (Wildman–Crippen MR) is 76.8 cm³/mol. The second-order valence-corrected chi connectivity index (χ2v) is 4.77. The smallest absolute Gasteiger partial charge is 0.200 e. The molecular weight excluding hydrogens is 236 g/mol. The fourth-order valence-corrected chi connectivity index (χ4v) is 1.94. The third kappa shape index (κ3) is 3.44. The Kier molecular flexibility index (Phi) is 4.35. The first-order valence-electron chi connectivity index (χ1n) is 6.48. The Labute approximate surface area is 114 Å². The van der Waals surface area contributed by atoms with E-state index in [-0.39, 0.29) is 12.4 Å². The van der Waals surface area contributed by atoms with Crippen LogP contribution in [-0.2, 0) is 0 Å². The summed E-state index contributed by atoms with van der Waals surface area (Å²) in [6, 6.07) is 17.1. The van der Waals surface area contributed by atoms with Crippen molar-refractivity contribution in [2.45, 2.75) is 19.8 Å². The van der Waals surface area contributed by atoms with Crippen molar-refractivity contribution in [3.8, 4) is 5.75 Å². The molecule has 19 heavy (non-hydrogen) atoms. The molecule has 0 radical (unpaired) electrons.